The third-order valence-electron chi connectivity index (χ3n) is 2.73. The summed E-state index contributed by atoms with van der Waals surface area (Å²) in [6, 6.07) is 0. The molecule has 1 aliphatic rings. The van der Waals surface area contributed by atoms with Crippen LogP contribution in [0, 0.1) is 0 Å². The van der Waals surface area contributed by atoms with E-state index in [0.29, 0.717) is 0 Å². The third-order valence-corrected chi connectivity index (χ3v) is 2.73. The Morgan fingerprint density at radius 2 is 2.29 bits per heavy atom. The maximum absolute atomic E-state index is 11.6. The van der Waals surface area contributed by atoms with E-state index in [9.17, 15) is 15.0 Å². The van der Waals surface area contributed by atoms with Crippen molar-refractivity contribution in [3.8, 4) is 0 Å². The molecule has 0 spiro atoms. The van der Waals surface area contributed by atoms with Gasteiger partial charge in [0.15, 0.2) is 11.2 Å². The lowest BCUT2D eigenvalue weighted by molar-refractivity contribution is 0.0183. The monoisotopic (exact) mass is 238 g/mol. The molecule has 0 amide bonds. The molecular weight excluding hydrogens is 228 g/mol. The van der Waals surface area contributed by atoms with Gasteiger partial charge < -0.3 is 24.9 Å². The molecule has 0 aromatic carbocycles. The molecule has 0 unspecified atom stereocenters. The molecule has 2 aromatic rings. The fourth-order valence-corrected chi connectivity index (χ4v) is 1.84. The van der Waals surface area contributed by atoms with Crippen LogP contribution >= 0.6 is 0 Å². The van der Waals surface area contributed by atoms with Crippen molar-refractivity contribution in [1.29, 1.82) is 0 Å². The second-order valence-electron chi connectivity index (χ2n) is 3.86. The number of hydrogen-bond acceptors (Lipinski definition) is 6. The largest absolute Gasteiger partial charge is 0.388 e. The highest BCUT2D eigenvalue weighted by Crippen LogP contribution is 2.26. The summed E-state index contributed by atoms with van der Waals surface area (Å²) in [4.78, 5) is 24.7. The van der Waals surface area contributed by atoms with E-state index in [1.54, 1.807) is 0 Å². The van der Waals surface area contributed by atoms with Crippen LogP contribution in [0.15, 0.2) is 11.1 Å². The normalized spacial score (nSPS) is 28.9. The quantitative estimate of drug-likeness (QED) is 0.476. The van der Waals surface area contributed by atoms with Crippen LogP contribution in [0.1, 0.15) is 11.9 Å². The van der Waals surface area contributed by atoms with Gasteiger partial charge in [0.2, 0.25) is 0 Å². The molecule has 8 nitrogen and oxygen atoms in total. The molecule has 1 fully saturated rings. The molecule has 17 heavy (non-hydrogen) atoms. The third kappa shape index (κ3) is 1.54. The van der Waals surface area contributed by atoms with Gasteiger partial charge in [-0.2, -0.15) is 0 Å². The van der Waals surface area contributed by atoms with Gasteiger partial charge in [-0.3, -0.25) is 4.79 Å². The van der Waals surface area contributed by atoms with E-state index in [-0.39, 0.29) is 29.2 Å². The first-order valence-corrected chi connectivity index (χ1v) is 5.08. The number of aliphatic hydroxyl groups excluding tert-OH is 2. The minimum absolute atomic E-state index is 0.00808. The number of H-pyrrole nitrogens is 2. The lowest BCUT2D eigenvalue weighted by Crippen LogP contribution is -2.27. The van der Waals surface area contributed by atoms with Gasteiger partial charge in [0, 0.05) is 0 Å². The average Bonchev–Trinajstić information content (AvgIpc) is 2.88. The van der Waals surface area contributed by atoms with Crippen molar-refractivity contribution in [2.75, 3.05) is 6.61 Å². The van der Waals surface area contributed by atoms with Crippen LogP contribution < -0.4 is 5.56 Å². The molecule has 90 valence electrons. The Hall–Kier alpha value is -1.77. The summed E-state index contributed by atoms with van der Waals surface area (Å²) < 4.78 is 5.17. The number of nitrogens with zero attached hydrogens (tertiary/aromatic N) is 2. The van der Waals surface area contributed by atoms with E-state index in [2.05, 4.69) is 19.9 Å². The van der Waals surface area contributed by atoms with Crippen LogP contribution in [0.25, 0.3) is 11.2 Å². The van der Waals surface area contributed by atoms with Gasteiger partial charge in [0.05, 0.1) is 12.9 Å². The number of aliphatic hydroxyl groups is 2. The first-order chi connectivity index (χ1) is 8.16. The molecular formula is C9H10N4O4. The second-order valence-corrected chi connectivity index (χ2v) is 3.86. The van der Waals surface area contributed by atoms with Gasteiger partial charge in [-0.1, -0.05) is 0 Å². The minimum atomic E-state index is -1.10. The van der Waals surface area contributed by atoms with Crippen LogP contribution in [-0.4, -0.2) is 49.0 Å². The van der Waals surface area contributed by atoms with E-state index in [4.69, 9.17) is 4.74 Å². The Morgan fingerprint density at radius 1 is 1.47 bits per heavy atom. The molecule has 3 heterocycles. The Kier molecular flexibility index (Phi) is 2.21. The molecule has 3 atom stereocenters. The standard InChI is InChI=1S/C9H10N4O4/c14-3-1-17-6(5(3)15)8-12-7-4(9(16)13-8)10-2-11-7/h2-3,5-6,14-15H,1H2,(H2,10,11,12,13,16)/t3-,5-,6-/m0/s1. The number of hydrogen-bond donors (Lipinski definition) is 4. The summed E-state index contributed by atoms with van der Waals surface area (Å²) >= 11 is 0. The fourth-order valence-electron chi connectivity index (χ4n) is 1.84. The Balaban J connectivity index is 2.09. The summed E-state index contributed by atoms with van der Waals surface area (Å²) in [5.74, 6) is 0.165. The highest BCUT2D eigenvalue weighted by molar-refractivity contribution is 5.68. The van der Waals surface area contributed by atoms with Gasteiger partial charge in [0.25, 0.3) is 5.56 Å². The van der Waals surface area contributed by atoms with E-state index >= 15 is 0 Å². The van der Waals surface area contributed by atoms with E-state index in [0.717, 1.165) is 0 Å². The van der Waals surface area contributed by atoms with Gasteiger partial charge in [0.1, 0.15) is 24.1 Å². The molecule has 0 bridgehead atoms. The minimum Gasteiger partial charge on any atom is -0.388 e. The van der Waals surface area contributed by atoms with Gasteiger partial charge in [-0.25, -0.2) is 9.97 Å². The predicted molar refractivity (Wildman–Crippen MR) is 55.2 cm³/mol. The molecule has 8 heteroatoms. The Morgan fingerprint density at radius 3 is 3.00 bits per heavy atom. The van der Waals surface area contributed by atoms with Crippen molar-refractivity contribution in [3.63, 3.8) is 0 Å². The van der Waals surface area contributed by atoms with Crippen molar-refractivity contribution < 1.29 is 14.9 Å². The zero-order valence-corrected chi connectivity index (χ0v) is 8.62. The summed E-state index contributed by atoms with van der Waals surface area (Å²) in [7, 11) is 0. The van der Waals surface area contributed by atoms with Crippen molar-refractivity contribution in [3.05, 3.63) is 22.5 Å². The molecule has 3 rings (SSSR count). The lowest BCUT2D eigenvalue weighted by Gasteiger charge is -2.13. The lowest BCUT2D eigenvalue weighted by atomic mass is 10.1. The maximum Gasteiger partial charge on any atom is 0.277 e. The molecule has 0 aliphatic carbocycles. The molecule has 0 saturated carbocycles. The summed E-state index contributed by atoms with van der Waals surface area (Å²) in [6.45, 7) is 0.00808. The molecule has 2 aromatic heterocycles. The predicted octanol–water partition coefficient (Wildman–Crippen LogP) is -1.56. The molecule has 4 N–H and O–H groups in total. The van der Waals surface area contributed by atoms with Gasteiger partial charge in [-0.05, 0) is 0 Å². The van der Waals surface area contributed by atoms with Crippen molar-refractivity contribution in [2.24, 2.45) is 0 Å². The van der Waals surface area contributed by atoms with E-state index in [1.807, 2.05) is 0 Å². The first-order valence-electron chi connectivity index (χ1n) is 5.08. The van der Waals surface area contributed by atoms with Crippen LogP contribution in [-0.2, 0) is 4.74 Å². The van der Waals surface area contributed by atoms with Gasteiger partial charge >= 0.3 is 0 Å². The Bertz CT molecular complexity index is 606. The SMILES string of the molecule is O=c1[nH]c([C@H]2OC[C@H](O)[C@@H]2O)nc2nc[nH]c12. The smallest absolute Gasteiger partial charge is 0.277 e. The number of rotatable bonds is 1. The summed E-state index contributed by atoms with van der Waals surface area (Å²) in [5.41, 5.74) is 0.127. The summed E-state index contributed by atoms with van der Waals surface area (Å²) in [5, 5.41) is 19.0. The number of nitrogens with one attached hydrogen (secondary N) is 2. The first kappa shape index (κ1) is 10.4. The fraction of sp³-hybridized carbons (Fsp3) is 0.444. The number of imidazole rings is 1. The van der Waals surface area contributed by atoms with Crippen LogP contribution in [0.3, 0.4) is 0 Å². The van der Waals surface area contributed by atoms with Crippen molar-refractivity contribution in [1.82, 2.24) is 19.9 Å². The maximum atomic E-state index is 11.6. The van der Waals surface area contributed by atoms with E-state index in [1.165, 1.54) is 6.33 Å². The topological polar surface area (TPSA) is 124 Å². The zero-order chi connectivity index (χ0) is 12.0. The van der Waals surface area contributed by atoms with Crippen LogP contribution in [0.5, 0.6) is 0 Å². The summed E-state index contributed by atoms with van der Waals surface area (Å²) in [6.07, 6.45) is -1.55. The second kappa shape index (κ2) is 3.62. The van der Waals surface area contributed by atoms with E-state index < -0.39 is 18.3 Å². The molecule has 1 saturated heterocycles. The number of aromatic nitrogens is 4. The van der Waals surface area contributed by atoms with Gasteiger partial charge in [-0.15, -0.1) is 0 Å². The van der Waals surface area contributed by atoms with Crippen molar-refractivity contribution in [2.45, 2.75) is 18.3 Å². The van der Waals surface area contributed by atoms with Crippen LogP contribution in [0.4, 0.5) is 0 Å². The average molecular weight is 238 g/mol. The highest BCUT2D eigenvalue weighted by Gasteiger charge is 2.37. The molecule has 0 radical (unpaired) electrons. The molecule has 1 aliphatic heterocycles. The highest BCUT2D eigenvalue weighted by atomic mass is 16.5. The Labute approximate surface area is 94.3 Å². The number of ether oxygens (including phenoxy) is 1. The van der Waals surface area contributed by atoms with Crippen LogP contribution in [0.2, 0.25) is 0 Å². The zero-order valence-electron chi connectivity index (χ0n) is 8.62. The van der Waals surface area contributed by atoms with Crippen molar-refractivity contribution >= 4 is 11.2 Å². The number of aromatic amines is 2. The number of fused-ring (bicyclic) bond motifs is 1.